The maximum absolute atomic E-state index is 5.06. The highest BCUT2D eigenvalue weighted by atomic mass is 16.5. The zero-order valence-corrected chi connectivity index (χ0v) is 14.7. The monoisotopic (exact) mass is 300 g/mol. The van der Waals surface area contributed by atoms with Gasteiger partial charge in [-0.15, -0.1) is 0 Å². The number of rotatable bonds is 12. The standard InChI is InChI=1S/C16H36N4O/c1-15(2)9-6-7-10-18-16(17-3)19-11-13-20(4)12-8-14-21-5/h15H,6-14H2,1-5H3,(H2,17,18,19). The second-order valence-electron chi connectivity index (χ2n) is 5.97. The van der Waals surface area contributed by atoms with Crippen molar-refractivity contribution in [3.05, 3.63) is 0 Å². The van der Waals surface area contributed by atoms with Gasteiger partial charge in [0.05, 0.1) is 0 Å². The normalized spacial score (nSPS) is 12.2. The number of nitrogens with one attached hydrogen (secondary N) is 2. The van der Waals surface area contributed by atoms with Crippen molar-refractivity contribution >= 4 is 5.96 Å². The Hall–Kier alpha value is -0.810. The van der Waals surface area contributed by atoms with Crippen LogP contribution in [0.25, 0.3) is 0 Å². The van der Waals surface area contributed by atoms with Crippen LogP contribution in [0.3, 0.4) is 0 Å². The SMILES string of the molecule is CN=C(NCCCCC(C)C)NCCN(C)CCCOC. The smallest absolute Gasteiger partial charge is 0.191 e. The first-order valence-electron chi connectivity index (χ1n) is 8.22. The van der Waals surface area contributed by atoms with Gasteiger partial charge in [-0.3, -0.25) is 4.99 Å². The van der Waals surface area contributed by atoms with Crippen LogP contribution >= 0.6 is 0 Å². The Morgan fingerprint density at radius 1 is 1.10 bits per heavy atom. The summed E-state index contributed by atoms with van der Waals surface area (Å²) in [5, 5.41) is 6.73. The number of methoxy groups -OCH3 is 1. The van der Waals surface area contributed by atoms with Gasteiger partial charge < -0.3 is 20.3 Å². The fourth-order valence-electron chi connectivity index (χ4n) is 2.06. The largest absolute Gasteiger partial charge is 0.385 e. The summed E-state index contributed by atoms with van der Waals surface area (Å²) < 4.78 is 5.06. The molecule has 126 valence electrons. The van der Waals surface area contributed by atoms with E-state index in [1.807, 2.05) is 7.05 Å². The average Bonchev–Trinajstić information content (AvgIpc) is 2.45. The van der Waals surface area contributed by atoms with E-state index in [4.69, 9.17) is 4.74 Å². The maximum Gasteiger partial charge on any atom is 0.191 e. The Morgan fingerprint density at radius 2 is 1.81 bits per heavy atom. The molecule has 0 aliphatic carbocycles. The molecule has 0 bridgehead atoms. The number of aliphatic imine (C=N–C) groups is 1. The highest BCUT2D eigenvalue weighted by Crippen LogP contribution is 2.04. The van der Waals surface area contributed by atoms with Gasteiger partial charge in [-0.25, -0.2) is 0 Å². The van der Waals surface area contributed by atoms with Crippen LogP contribution in [0.1, 0.15) is 39.5 Å². The second-order valence-corrected chi connectivity index (χ2v) is 5.97. The molecule has 0 fully saturated rings. The van der Waals surface area contributed by atoms with Crippen LogP contribution < -0.4 is 10.6 Å². The molecule has 0 saturated heterocycles. The Morgan fingerprint density at radius 3 is 2.43 bits per heavy atom. The van der Waals surface area contributed by atoms with Crippen LogP contribution in [0.5, 0.6) is 0 Å². The lowest BCUT2D eigenvalue weighted by Crippen LogP contribution is -2.41. The Kier molecular flexibility index (Phi) is 13.6. The molecule has 0 rings (SSSR count). The second kappa shape index (κ2) is 14.1. The van der Waals surface area contributed by atoms with Crippen molar-refractivity contribution in [1.82, 2.24) is 15.5 Å². The number of ether oxygens (including phenoxy) is 1. The number of unbranched alkanes of at least 4 members (excludes halogenated alkanes) is 1. The third kappa shape index (κ3) is 13.9. The number of likely N-dealkylation sites (N-methyl/N-ethyl adjacent to an activating group) is 1. The summed E-state index contributed by atoms with van der Waals surface area (Å²) in [5.74, 6) is 1.71. The molecule has 21 heavy (non-hydrogen) atoms. The van der Waals surface area contributed by atoms with Crippen LogP contribution in [0.2, 0.25) is 0 Å². The lowest BCUT2D eigenvalue weighted by molar-refractivity contribution is 0.180. The summed E-state index contributed by atoms with van der Waals surface area (Å²) in [4.78, 5) is 6.56. The van der Waals surface area contributed by atoms with Gasteiger partial charge >= 0.3 is 0 Å². The highest BCUT2D eigenvalue weighted by molar-refractivity contribution is 5.79. The van der Waals surface area contributed by atoms with Gasteiger partial charge in [-0.2, -0.15) is 0 Å². The first-order chi connectivity index (χ1) is 10.1. The van der Waals surface area contributed by atoms with Crippen molar-refractivity contribution < 1.29 is 4.74 Å². The molecule has 0 aliphatic heterocycles. The maximum atomic E-state index is 5.06. The van der Waals surface area contributed by atoms with E-state index in [1.54, 1.807) is 7.11 Å². The van der Waals surface area contributed by atoms with Crippen molar-refractivity contribution in [2.45, 2.75) is 39.5 Å². The Labute approximate surface area is 131 Å². The van der Waals surface area contributed by atoms with Gasteiger partial charge in [0, 0.05) is 46.9 Å². The van der Waals surface area contributed by atoms with Gasteiger partial charge in [0.25, 0.3) is 0 Å². The van der Waals surface area contributed by atoms with E-state index in [1.165, 1.54) is 19.3 Å². The van der Waals surface area contributed by atoms with Crippen LogP contribution in [-0.4, -0.2) is 64.9 Å². The lowest BCUT2D eigenvalue weighted by atomic mass is 10.1. The number of hydrogen-bond acceptors (Lipinski definition) is 3. The number of nitrogens with zero attached hydrogens (tertiary/aromatic N) is 2. The molecule has 0 aromatic carbocycles. The minimum atomic E-state index is 0.802. The first-order valence-corrected chi connectivity index (χ1v) is 8.22. The molecule has 0 aliphatic rings. The lowest BCUT2D eigenvalue weighted by Gasteiger charge is -2.18. The summed E-state index contributed by atoms with van der Waals surface area (Å²) in [7, 11) is 5.71. The minimum Gasteiger partial charge on any atom is -0.385 e. The summed E-state index contributed by atoms with van der Waals surface area (Å²) in [5.41, 5.74) is 0. The van der Waals surface area contributed by atoms with Gasteiger partial charge in [-0.1, -0.05) is 26.7 Å². The molecule has 5 nitrogen and oxygen atoms in total. The van der Waals surface area contributed by atoms with Crippen molar-refractivity contribution in [2.75, 3.05) is 54.0 Å². The third-order valence-electron chi connectivity index (χ3n) is 3.40. The molecule has 0 aromatic rings. The zero-order valence-electron chi connectivity index (χ0n) is 14.7. The molecule has 0 aromatic heterocycles. The van der Waals surface area contributed by atoms with Crippen LogP contribution in [-0.2, 0) is 4.74 Å². The molecule has 0 heterocycles. The quantitative estimate of drug-likeness (QED) is 0.328. The van der Waals surface area contributed by atoms with E-state index in [2.05, 4.69) is 41.4 Å². The molecular weight excluding hydrogens is 264 g/mol. The van der Waals surface area contributed by atoms with E-state index < -0.39 is 0 Å². The van der Waals surface area contributed by atoms with Gasteiger partial charge in [0.2, 0.25) is 0 Å². The molecule has 2 N–H and O–H groups in total. The molecule has 5 heteroatoms. The molecule has 0 radical (unpaired) electrons. The van der Waals surface area contributed by atoms with Gasteiger partial charge in [-0.05, 0) is 25.8 Å². The van der Waals surface area contributed by atoms with Crippen molar-refractivity contribution in [3.8, 4) is 0 Å². The molecule has 0 unspecified atom stereocenters. The Balaban J connectivity index is 3.57. The molecule has 0 spiro atoms. The van der Waals surface area contributed by atoms with Gasteiger partial charge in [0.15, 0.2) is 5.96 Å². The minimum absolute atomic E-state index is 0.802. The Bertz CT molecular complexity index is 257. The van der Waals surface area contributed by atoms with E-state index in [0.717, 1.165) is 51.1 Å². The third-order valence-corrected chi connectivity index (χ3v) is 3.40. The van der Waals surface area contributed by atoms with Crippen molar-refractivity contribution in [1.29, 1.82) is 0 Å². The predicted octanol–water partition coefficient (Wildman–Crippen LogP) is 1.95. The highest BCUT2D eigenvalue weighted by Gasteiger charge is 2.00. The van der Waals surface area contributed by atoms with Gasteiger partial charge in [0.1, 0.15) is 0 Å². The van der Waals surface area contributed by atoms with E-state index in [9.17, 15) is 0 Å². The zero-order chi connectivity index (χ0) is 15.9. The molecular formula is C16H36N4O. The van der Waals surface area contributed by atoms with E-state index in [0.29, 0.717) is 0 Å². The number of hydrogen-bond donors (Lipinski definition) is 2. The van der Waals surface area contributed by atoms with Crippen molar-refractivity contribution in [2.24, 2.45) is 10.9 Å². The van der Waals surface area contributed by atoms with Crippen LogP contribution in [0, 0.1) is 5.92 Å². The topological polar surface area (TPSA) is 48.9 Å². The fourth-order valence-corrected chi connectivity index (χ4v) is 2.06. The van der Waals surface area contributed by atoms with E-state index in [-0.39, 0.29) is 0 Å². The van der Waals surface area contributed by atoms with E-state index >= 15 is 0 Å². The van der Waals surface area contributed by atoms with Crippen LogP contribution in [0.4, 0.5) is 0 Å². The summed E-state index contributed by atoms with van der Waals surface area (Å²) in [6.07, 6.45) is 4.87. The summed E-state index contributed by atoms with van der Waals surface area (Å²) >= 11 is 0. The number of guanidine groups is 1. The first kappa shape index (κ1) is 20.2. The molecule has 0 atom stereocenters. The molecule has 0 amide bonds. The summed E-state index contributed by atoms with van der Waals surface area (Å²) in [6.45, 7) is 9.37. The average molecular weight is 300 g/mol. The van der Waals surface area contributed by atoms with Crippen LogP contribution in [0.15, 0.2) is 4.99 Å². The summed E-state index contributed by atoms with van der Waals surface area (Å²) in [6, 6.07) is 0. The van der Waals surface area contributed by atoms with Crippen molar-refractivity contribution in [3.63, 3.8) is 0 Å². The predicted molar refractivity (Wildman–Crippen MR) is 92.0 cm³/mol. The fraction of sp³-hybridized carbons (Fsp3) is 0.938. The molecule has 0 saturated carbocycles.